The number of hydrogen-bond donors (Lipinski definition) is 1. The van der Waals surface area contributed by atoms with Crippen molar-refractivity contribution in [1.29, 1.82) is 0 Å². The second-order valence-electron chi connectivity index (χ2n) is 5.15. The summed E-state index contributed by atoms with van der Waals surface area (Å²) < 4.78 is 5.38. The van der Waals surface area contributed by atoms with Crippen molar-refractivity contribution >= 4 is 5.82 Å². The smallest absolute Gasteiger partial charge is 0.128 e. The van der Waals surface area contributed by atoms with E-state index in [1.165, 1.54) is 24.0 Å². The Bertz CT molecular complexity index is 410. The van der Waals surface area contributed by atoms with Gasteiger partial charge in [0.15, 0.2) is 0 Å². The SMILES string of the molecule is Cc1cc(N2CCOCC2)ncc1C1CCCN1. The predicted molar refractivity (Wildman–Crippen MR) is 72.0 cm³/mol. The highest BCUT2D eigenvalue weighted by Crippen LogP contribution is 2.27. The average Bonchev–Trinajstić information content (AvgIpc) is 2.93. The Morgan fingerprint density at radius 3 is 2.89 bits per heavy atom. The number of rotatable bonds is 2. The molecule has 3 heterocycles. The van der Waals surface area contributed by atoms with Crippen molar-refractivity contribution < 1.29 is 4.74 Å². The molecule has 0 aliphatic carbocycles. The van der Waals surface area contributed by atoms with Crippen molar-refractivity contribution in [3.05, 3.63) is 23.4 Å². The minimum Gasteiger partial charge on any atom is -0.378 e. The molecular formula is C14H21N3O. The molecule has 1 aromatic rings. The van der Waals surface area contributed by atoms with E-state index in [9.17, 15) is 0 Å². The van der Waals surface area contributed by atoms with Crippen LogP contribution in [0.25, 0.3) is 0 Å². The third-order valence-electron chi connectivity index (χ3n) is 3.91. The number of pyridine rings is 1. The van der Waals surface area contributed by atoms with Gasteiger partial charge >= 0.3 is 0 Å². The van der Waals surface area contributed by atoms with Gasteiger partial charge in [0, 0.05) is 25.3 Å². The standard InChI is InChI=1S/C14H21N3O/c1-11-9-14(17-5-7-18-8-6-17)16-10-12(11)13-3-2-4-15-13/h9-10,13,15H,2-8H2,1H3. The van der Waals surface area contributed by atoms with Crippen LogP contribution in [-0.4, -0.2) is 37.8 Å². The van der Waals surface area contributed by atoms with E-state index in [4.69, 9.17) is 4.74 Å². The molecule has 4 nitrogen and oxygen atoms in total. The fraction of sp³-hybridized carbons (Fsp3) is 0.643. The normalized spacial score (nSPS) is 24.5. The molecule has 1 aromatic heterocycles. The Kier molecular flexibility index (Phi) is 3.48. The van der Waals surface area contributed by atoms with Gasteiger partial charge in [0.2, 0.25) is 0 Å². The molecule has 2 saturated heterocycles. The van der Waals surface area contributed by atoms with Crippen LogP contribution in [0, 0.1) is 6.92 Å². The number of aryl methyl sites for hydroxylation is 1. The van der Waals surface area contributed by atoms with Crippen LogP contribution >= 0.6 is 0 Å². The van der Waals surface area contributed by atoms with Gasteiger partial charge in [0.1, 0.15) is 5.82 Å². The van der Waals surface area contributed by atoms with E-state index >= 15 is 0 Å². The van der Waals surface area contributed by atoms with Gasteiger partial charge in [0.25, 0.3) is 0 Å². The maximum absolute atomic E-state index is 5.38. The molecule has 0 amide bonds. The molecule has 0 bridgehead atoms. The molecule has 2 fully saturated rings. The number of morpholine rings is 1. The van der Waals surface area contributed by atoms with Gasteiger partial charge in [0.05, 0.1) is 13.2 Å². The Labute approximate surface area is 108 Å². The molecule has 1 N–H and O–H groups in total. The molecule has 18 heavy (non-hydrogen) atoms. The van der Waals surface area contributed by atoms with Crippen LogP contribution in [0.5, 0.6) is 0 Å². The minimum atomic E-state index is 0.510. The summed E-state index contributed by atoms with van der Waals surface area (Å²) in [6, 6.07) is 2.73. The van der Waals surface area contributed by atoms with E-state index in [0.29, 0.717) is 6.04 Å². The molecule has 1 unspecified atom stereocenters. The quantitative estimate of drug-likeness (QED) is 0.862. The maximum Gasteiger partial charge on any atom is 0.128 e. The van der Waals surface area contributed by atoms with Crippen LogP contribution in [0.2, 0.25) is 0 Å². The summed E-state index contributed by atoms with van der Waals surface area (Å²) in [5.74, 6) is 1.09. The lowest BCUT2D eigenvalue weighted by Gasteiger charge is -2.28. The molecule has 4 heteroatoms. The number of aromatic nitrogens is 1. The number of anilines is 1. The molecular weight excluding hydrogens is 226 g/mol. The van der Waals surface area contributed by atoms with Crippen LogP contribution in [-0.2, 0) is 4.74 Å². The van der Waals surface area contributed by atoms with Gasteiger partial charge in [-0.05, 0) is 43.5 Å². The first-order chi connectivity index (χ1) is 8.84. The number of nitrogens with one attached hydrogen (secondary N) is 1. The molecule has 1 atom stereocenters. The molecule has 0 radical (unpaired) electrons. The fourth-order valence-corrected chi connectivity index (χ4v) is 2.83. The van der Waals surface area contributed by atoms with Crippen LogP contribution in [0.4, 0.5) is 5.82 Å². The fourth-order valence-electron chi connectivity index (χ4n) is 2.83. The number of ether oxygens (including phenoxy) is 1. The predicted octanol–water partition coefficient (Wildman–Crippen LogP) is 1.65. The van der Waals surface area contributed by atoms with Crippen molar-refractivity contribution in [3.8, 4) is 0 Å². The Morgan fingerprint density at radius 2 is 2.22 bits per heavy atom. The van der Waals surface area contributed by atoms with Gasteiger partial charge in [-0.3, -0.25) is 0 Å². The lowest BCUT2D eigenvalue weighted by Crippen LogP contribution is -2.36. The average molecular weight is 247 g/mol. The van der Waals surface area contributed by atoms with E-state index in [1.54, 1.807) is 0 Å². The monoisotopic (exact) mass is 247 g/mol. The van der Waals surface area contributed by atoms with Crippen molar-refractivity contribution in [1.82, 2.24) is 10.3 Å². The molecule has 98 valence electrons. The molecule has 0 spiro atoms. The van der Waals surface area contributed by atoms with Gasteiger partial charge in [-0.1, -0.05) is 0 Å². The van der Waals surface area contributed by atoms with E-state index in [0.717, 1.165) is 38.7 Å². The highest BCUT2D eigenvalue weighted by molar-refractivity contribution is 5.44. The summed E-state index contributed by atoms with van der Waals surface area (Å²) in [5.41, 5.74) is 2.72. The van der Waals surface area contributed by atoms with Gasteiger partial charge in [-0.25, -0.2) is 4.98 Å². The van der Waals surface area contributed by atoms with Crippen molar-refractivity contribution in [3.63, 3.8) is 0 Å². The zero-order valence-corrected chi connectivity index (χ0v) is 11.0. The summed E-state index contributed by atoms with van der Waals surface area (Å²) in [6.07, 6.45) is 4.57. The lowest BCUT2D eigenvalue weighted by atomic mass is 10.0. The summed E-state index contributed by atoms with van der Waals surface area (Å²) in [7, 11) is 0. The van der Waals surface area contributed by atoms with Gasteiger partial charge in [-0.2, -0.15) is 0 Å². The maximum atomic E-state index is 5.38. The van der Waals surface area contributed by atoms with Crippen LogP contribution in [0.3, 0.4) is 0 Å². The van der Waals surface area contributed by atoms with Crippen molar-refractivity contribution in [2.24, 2.45) is 0 Å². The molecule has 3 rings (SSSR count). The minimum absolute atomic E-state index is 0.510. The van der Waals surface area contributed by atoms with Gasteiger partial charge in [-0.15, -0.1) is 0 Å². The molecule has 0 saturated carbocycles. The van der Waals surface area contributed by atoms with Crippen molar-refractivity contribution in [2.75, 3.05) is 37.7 Å². The summed E-state index contributed by atoms with van der Waals surface area (Å²) >= 11 is 0. The first-order valence-electron chi connectivity index (χ1n) is 6.87. The third-order valence-corrected chi connectivity index (χ3v) is 3.91. The lowest BCUT2D eigenvalue weighted by molar-refractivity contribution is 0.122. The van der Waals surface area contributed by atoms with E-state index in [1.807, 2.05) is 0 Å². The molecule has 2 aliphatic rings. The van der Waals surface area contributed by atoms with E-state index < -0.39 is 0 Å². The van der Waals surface area contributed by atoms with Gasteiger partial charge < -0.3 is 15.0 Å². The number of hydrogen-bond acceptors (Lipinski definition) is 4. The Balaban J connectivity index is 1.79. The topological polar surface area (TPSA) is 37.4 Å². The summed E-state index contributed by atoms with van der Waals surface area (Å²) in [4.78, 5) is 6.95. The van der Waals surface area contributed by atoms with Crippen LogP contribution in [0.15, 0.2) is 12.3 Å². The summed E-state index contributed by atoms with van der Waals surface area (Å²) in [5, 5.41) is 3.54. The molecule has 2 aliphatic heterocycles. The Hall–Kier alpha value is -1.13. The highest BCUT2D eigenvalue weighted by Gasteiger charge is 2.20. The van der Waals surface area contributed by atoms with Crippen LogP contribution in [0.1, 0.15) is 30.0 Å². The molecule has 0 aromatic carbocycles. The summed E-state index contributed by atoms with van der Waals surface area (Å²) in [6.45, 7) is 6.86. The first-order valence-corrected chi connectivity index (χ1v) is 6.87. The van der Waals surface area contributed by atoms with Crippen molar-refractivity contribution in [2.45, 2.75) is 25.8 Å². The first kappa shape index (κ1) is 11.9. The zero-order valence-electron chi connectivity index (χ0n) is 11.0. The Morgan fingerprint density at radius 1 is 1.39 bits per heavy atom. The second kappa shape index (κ2) is 5.24. The van der Waals surface area contributed by atoms with E-state index in [-0.39, 0.29) is 0 Å². The second-order valence-corrected chi connectivity index (χ2v) is 5.15. The largest absolute Gasteiger partial charge is 0.378 e. The van der Waals surface area contributed by atoms with E-state index in [2.05, 4.69) is 34.4 Å². The number of nitrogens with zero attached hydrogens (tertiary/aromatic N) is 2. The highest BCUT2D eigenvalue weighted by atomic mass is 16.5. The zero-order chi connectivity index (χ0) is 12.4. The van der Waals surface area contributed by atoms with Crippen LogP contribution < -0.4 is 10.2 Å². The third kappa shape index (κ3) is 2.35.